The van der Waals surface area contributed by atoms with Crippen molar-refractivity contribution in [3.05, 3.63) is 95.6 Å². The number of imidazole rings is 1. The van der Waals surface area contributed by atoms with Crippen molar-refractivity contribution < 1.29 is 12.6 Å². The first-order chi connectivity index (χ1) is 17.9. The van der Waals surface area contributed by atoms with Gasteiger partial charge in [0.2, 0.25) is 0 Å². The van der Waals surface area contributed by atoms with E-state index in [0.717, 1.165) is 39.1 Å². The Balaban J connectivity index is 1.28. The highest BCUT2D eigenvalue weighted by Crippen LogP contribution is 2.30. The van der Waals surface area contributed by atoms with Crippen molar-refractivity contribution in [2.45, 2.75) is 25.2 Å². The molecule has 2 aromatic heterocycles. The molecule has 0 unspecified atom stereocenters. The average Bonchev–Trinajstić information content (AvgIpc) is 3.28. The van der Waals surface area contributed by atoms with Crippen molar-refractivity contribution in [3.63, 3.8) is 0 Å². The highest BCUT2D eigenvalue weighted by molar-refractivity contribution is 7.86. The maximum Gasteiger partial charge on any atom is 0.296 e. The van der Waals surface area contributed by atoms with E-state index in [9.17, 15) is 13.7 Å². The molecule has 5 aromatic rings. The highest BCUT2D eigenvalue weighted by Gasteiger charge is 2.16. The molecule has 0 aliphatic rings. The number of para-hydroxylation sites is 2. The van der Waals surface area contributed by atoms with E-state index in [0.29, 0.717) is 24.2 Å². The lowest BCUT2D eigenvalue weighted by atomic mass is 10.1. The molecule has 5 rings (SSSR count). The highest BCUT2D eigenvalue weighted by atomic mass is 32.2. The quantitative estimate of drug-likeness (QED) is 0.208. The van der Waals surface area contributed by atoms with Crippen molar-refractivity contribution in [2.24, 2.45) is 0 Å². The van der Waals surface area contributed by atoms with Crippen molar-refractivity contribution in [2.75, 3.05) is 18.5 Å². The number of hydrogen-bond acceptors (Lipinski definition) is 6. The van der Waals surface area contributed by atoms with E-state index in [1.807, 2.05) is 72.8 Å². The van der Waals surface area contributed by atoms with Gasteiger partial charge in [0.15, 0.2) is 5.65 Å². The summed E-state index contributed by atoms with van der Waals surface area (Å²) in [7, 11) is -3.75. The Hall–Kier alpha value is -4.19. The Labute approximate surface area is 216 Å². The van der Waals surface area contributed by atoms with Gasteiger partial charge in [-0.1, -0.05) is 42.0 Å². The van der Waals surface area contributed by atoms with Crippen LogP contribution in [0.4, 0.5) is 5.69 Å². The number of aromatic nitrogens is 2. The van der Waals surface area contributed by atoms with Crippen LogP contribution in [0.2, 0.25) is 0 Å². The summed E-state index contributed by atoms with van der Waals surface area (Å²) < 4.78 is 31.8. The smallest absolute Gasteiger partial charge is 0.296 e. The molecule has 1 N–H and O–H groups in total. The van der Waals surface area contributed by atoms with E-state index < -0.39 is 10.1 Å². The lowest BCUT2D eigenvalue weighted by Gasteiger charge is -2.12. The molecular formula is C29H26N4O3S. The van der Waals surface area contributed by atoms with Gasteiger partial charge in [0.1, 0.15) is 6.07 Å². The van der Waals surface area contributed by atoms with Crippen LogP contribution in [-0.4, -0.2) is 31.0 Å². The Morgan fingerprint density at radius 1 is 1.00 bits per heavy atom. The summed E-state index contributed by atoms with van der Waals surface area (Å²) in [6, 6.07) is 26.8. The number of anilines is 1. The summed E-state index contributed by atoms with van der Waals surface area (Å²) >= 11 is 0. The first-order valence-corrected chi connectivity index (χ1v) is 13.4. The van der Waals surface area contributed by atoms with Crippen LogP contribution in [0, 0.1) is 25.2 Å². The minimum Gasteiger partial charge on any atom is -0.385 e. The van der Waals surface area contributed by atoms with Crippen LogP contribution in [0.1, 0.15) is 23.1 Å². The second kappa shape index (κ2) is 10.1. The number of rotatable bonds is 8. The zero-order valence-electron chi connectivity index (χ0n) is 20.6. The molecule has 8 heteroatoms. The van der Waals surface area contributed by atoms with Gasteiger partial charge >= 0.3 is 0 Å². The van der Waals surface area contributed by atoms with Gasteiger partial charge in [-0.05, 0) is 73.9 Å². The van der Waals surface area contributed by atoms with Crippen molar-refractivity contribution in [1.82, 2.24) is 9.38 Å². The van der Waals surface area contributed by atoms with Gasteiger partial charge in [0.05, 0.1) is 33.8 Å². The zero-order valence-corrected chi connectivity index (χ0v) is 21.4. The number of nitrogens with zero attached hydrogens (tertiary/aromatic N) is 3. The van der Waals surface area contributed by atoms with Crippen LogP contribution in [0.15, 0.2) is 83.8 Å². The molecule has 0 bridgehead atoms. The van der Waals surface area contributed by atoms with Gasteiger partial charge in [-0.3, -0.25) is 8.58 Å². The molecule has 186 valence electrons. The molecule has 0 fully saturated rings. The first-order valence-electron chi connectivity index (χ1n) is 12.0. The summed E-state index contributed by atoms with van der Waals surface area (Å²) in [5.74, 6) is 0. The third-order valence-electron chi connectivity index (χ3n) is 6.26. The summed E-state index contributed by atoms with van der Waals surface area (Å²) in [6.45, 7) is 4.49. The van der Waals surface area contributed by atoms with Crippen LogP contribution in [0.25, 0.3) is 27.9 Å². The van der Waals surface area contributed by atoms with Crippen molar-refractivity contribution in [3.8, 4) is 17.3 Å². The van der Waals surface area contributed by atoms with Gasteiger partial charge in [0.25, 0.3) is 10.1 Å². The first kappa shape index (κ1) is 24.5. The van der Waals surface area contributed by atoms with Gasteiger partial charge in [-0.25, -0.2) is 4.98 Å². The average molecular weight is 511 g/mol. The van der Waals surface area contributed by atoms with E-state index in [4.69, 9.17) is 9.17 Å². The Morgan fingerprint density at radius 3 is 2.46 bits per heavy atom. The zero-order chi connectivity index (χ0) is 26.0. The standard InChI is InChI=1S/C29H26N4O3S/c1-20-8-14-24(15-9-20)37(34,35)36-17-5-16-31-23-12-10-22(11-13-23)28-18-21(2)25(19-30)29-32-26-6-3-4-7-27(26)33(28)29/h3-4,6-15,18,31H,5,16-17H2,1-2H3. The summed E-state index contributed by atoms with van der Waals surface area (Å²) in [5.41, 5.74) is 7.77. The fraction of sp³-hybridized carbons (Fsp3) is 0.172. The van der Waals surface area contributed by atoms with Crippen LogP contribution in [0.5, 0.6) is 0 Å². The SMILES string of the molecule is Cc1ccc(S(=O)(=O)OCCCNc2ccc(-c3cc(C)c(C#N)c4nc5ccccc5n34)cc2)cc1. The number of benzene rings is 3. The molecule has 0 radical (unpaired) electrons. The number of fused-ring (bicyclic) bond motifs is 3. The molecule has 37 heavy (non-hydrogen) atoms. The number of hydrogen-bond donors (Lipinski definition) is 1. The number of pyridine rings is 1. The predicted molar refractivity (Wildman–Crippen MR) is 145 cm³/mol. The predicted octanol–water partition coefficient (Wildman–Crippen LogP) is 5.85. The maximum atomic E-state index is 12.3. The lowest BCUT2D eigenvalue weighted by Crippen LogP contribution is -2.11. The summed E-state index contributed by atoms with van der Waals surface area (Å²) in [4.78, 5) is 4.89. The van der Waals surface area contributed by atoms with Gasteiger partial charge in [0, 0.05) is 12.2 Å². The van der Waals surface area contributed by atoms with Crippen LogP contribution >= 0.6 is 0 Å². The van der Waals surface area contributed by atoms with Crippen LogP contribution in [-0.2, 0) is 14.3 Å². The fourth-order valence-electron chi connectivity index (χ4n) is 4.31. The molecule has 0 saturated carbocycles. The molecule has 2 heterocycles. The number of nitrogens with one attached hydrogen (secondary N) is 1. The van der Waals surface area contributed by atoms with E-state index in [2.05, 4.69) is 11.4 Å². The van der Waals surface area contributed by atoms with Gasteiger partial charge in [-0.2, -0.15) is 13.7 Å². The Morgan fingerprint density at radius 2 is 1.73 bits per heavy atom. The van der Waals surface area contributed by atoms with E-state index in [1.165, 1.54) is 0 Å². The molecule has 0 atom stereocenters. The molecule has 7 nitrogen and oxygen atoms in total. The topological polar surface area (TPSA) is 96.5 Å². The third kappa shape index (κ3) is 4.92. The van der Waals surface area contributed by atoms with E-state index >= 15 is 0 Å². The molecule has 3 aromatic carbocycles. The minimum absolute atomic E-state index is 0.0947. The largest absolute Gasteiger partial charge is 0.385 e. The molecule has 0 aliphatic carbocycles. The maximum absolute atomic E-state index is 12.3. The number of aryl methyl sites for hydroxylation is 2. The van der Waals surface area contributed by atoms with Crippen LogP contribution < -0.4 is 5.32 Å². The molecule has 0 saturated heterocycles. The Bertz CT molecular complexity index is 1730. The lowest BCUT2D eigenvalue weighted by molar-refractivity contribution is 0.316. The second-order valence-corrected chi connectivity index (χ2v) is 10.5. The van der Waals surface area contributed by atoms with Gasteiger partial charge < -0.3 is 5.32 Å². The van der Waals surface area contributed by atoms with Crippen molar-refractivity contribution >= 4 is 32.5 Å². The monoisotopic (exact) mass is 510 g/mol. The number of nitriles is 1. The Kier molecular flexibility index (Phi) is 6.66. The summed E-state index contributed by atoms with van der Waals surface area (Å²) in [5, 5.41) is 13.0. The second-order valence-electron chi connectivity index (χ2n) is 8.91. The normalized spacial score (nSPS) is 11.6. The third-order valence-corrected chi connectivity index (χ3v) is 7.59. The van der Waals surface area contributed by atoms with Crippen LogP contribution in [0.3, 0.4) is 0 Å². The van der Waals surface area contributed by atoms with E-state index in [1.54, 1.807) is 24.3 Å². The fourth-order valence-corrected chi connectivity index (χ4v) is 5.25. The molecular weight excluding hydrogens is 484 g/mol. The van der Waals surface area contributed by atoms with Gasteiger partial charge in [-0.15, -0.1) is 0 Å². The van der Waals surface area contributed by atoms with E-state index in [-0.39, 0.29) is 11.5 Å². The molecule has 0 amide bonds. The molecule has 0 aliphatic heterocycles. The minimum atomic E-state index is -3.75. The molecule has 0 spiro atoms. The van der Waals surface area contributed by atoms with Crippen molar-refractivity contribution in [1.29, 1.82) is 5.26 Å². The summed E-state index contributed by atoms with van der Waals surface area (Å²) in [6.07, 6.45) is 0.531.